The van der Waals surface area contributed by atoms with E-state index in [9.17, 15) is 0 Å². The van der Waals surface area contributed by atoms with E-state index in [2.05, 4.69) is 33.0 Å². The smallest absolute Gasteiger partial charge is 0.0933 e. The van der Waals surface area contributed by atoms with E-state index in [1.807, 2.05) is 0 Å². The Bertz CT molecular complexity index is 171. The largest absolute Gasteiger partial charge is 0.381 e. The monoisotopic (exact) mass is 185 g/mol. The van der Waals surface area contributed by atoms with Gasteiger partial charge in [-0.2, -0.15) is 0 Å². The molecule has 0 saturated heterocycles. The highest BCUT2D eigenvalue weighted by molar-refractivity contribution is 4.99. The number of nitrogens with one attached hydrogen (secondary N) is 1. The molecule has 0 aromatic rings. The molecule has 0 radical (unpaired) electrons. The maximum Gasteiger partial charge on any atom is 0.0933 e. The molecule has 2 nitrogen and oxygen atoms in total. The SMILES string of the molecule is CC(CC(C)C1(C)CC1C)NCO. The molecule has 1 saturated carbocycles. The average molecular weight is 185 g/mol. The van der Waals surface area contributed by atoms with Crippen LogP contribution in [0, 0.1) is 17.3 Å². The fraction of sp³-hybridized carbons (Fsp3) is 1.00. The molecule has 2 heteroatoms. The van der Waals surface area contributed by atoms with E-state index in [1.54, 1.807) is 0 Å². The maximum atomic E-state index is 8.71. The molecule has 0 heterocycles. The highest BCUT2D eigenvalue weighted by atomic mass is 16.3. The molecule has 1 aliphatic rings. The molecule has 1 rings (SSSR count). The third-order valence-electron chi connectivity index (χ3n) is 3.98. The molecular weight excluding hydrogens is 162 g/mol. The van der Waals surface area contributed by atoms with E-state index in [-0.39, 0.29) is 6.73 Å². The standard InChI is InChI=1S/C11H23NO/c1-8(5-10(3)12-7-13)11(4)6-9(11)2/h8-10,12-13H,5-7H2,1-4H3. The second kappa shape index (κ2) is 3.97. The summed E-state index contributed by atoms with van der Waals surface area (Å²) in [4.78, 5) is 0. The summed E-state index contributed by atoms with van der Waals surface area (Å²) in [6.45, 7) is 9.29. The van der Waals surface area contributed by atoms with Crippen LogP contribution in [-0.2, 0) is 0 Å². The molecule has 0 aromatic carbocycles. The van der Waals surface area contributed by atoms with Gasteiger partial charge >= 0.3 is 0 Å². The van der Waals surface area contributed by atoms with Gasteiger partial charge in [-0.15, -0.1) is 0 Å². The van der Waals surface area contributed by atoms with Crippen LogP contribution in [0.2, 0.25) is 0 Å². The zero-order chi connectivity index (χ0) is 10.1. The molecule has 0 amide bonds. The number of aliphatic hydroxyl groups excluding tert-OH is 1. The summed E-state index contributed by atoms with van der Waals surface area (Å²) in [5.74, 6) is 1.65. The van der Waals surface area contributed by atoms with Crippen molar-refractivity contribution < 1.29 is 5.11 Å². The van der Waals surface area contributed by atoms with Crippen LogP contribution < -0.4 is 5.32 Å². The lowest BCUT2D eigenvalue weighted by Crippen LogP contribution is -2.30. The van der Waals surface area contributed by atoms with Gasteiger partial charge in [0, 0.05) is 6.04 Å². The number of hydrogen-bond donors (Lipinski definition) is 2. The number of rotatable bonds is 5. The fourth-order valence-corrected chi connectivity index (χ4v) is 2.33. The van der Waals surface area contributed by atoms with Crippen LogP contribution >= 0.6 is 0 Å². The molecule has 2 N–H and O–H groups in total. The second-order valence-electron chi connectivity index (χ2n) is 5.01. The molecule has 13 heavy (non-hydrogen) atoms. The van der Waals surface area contributed by atoms with E-state index in [4.69, 9.17) is 5.11 Å². The Balaban J connectivity index is 2.29. The van der Waals surface area contributed by atoms with E-state index >= 15 is 0 Å². The molecular formula is C11H23NO. The first-order chi connectivity index (χ1) is 6.00. The summed E-state index contributed by atoms with van der Waals surface area (Å²) >= 11 is 0. The van der Waals surface area contributed by atoms with Crippen molar-refractivity contribution in [2.75, 3.05) is 6.73 Å². The van der Waals surface area contributed by atoms with Crippen molar-refractivity contribution in [1.82, 2.24) is 5.32 Å². The predicted octanol–water partition coefficient (Wildman–Crippen LogP) is 1.99. The molecule has 0 spiro atoms. The van der Waals surface area contributed by atoms with Gasteiger partial charge in [0.05, 0.1) is 6.73 Å². The van der Waals surface area contributed by atoms with Crippen LogP contribution in [0.4, 0.5) is 0 Å². The van der Waals surface area contributed by atoms with Crippen LogP contribution in [0.1, 0.15) is 40.5 Å². The van der Waals surface area contributed by atoms with Crippen LogP contribution in [0.15, 0.2) is 0 Å². The van der Waals surface area contributed by atoms with Gasteiger partial charge in [0.1, 0.15) is 0 Å². The lowest BCUT2D eigenvalue weighted by Gasteiger charge is -2.23. The van der Waals surface area contributed by atoms with Crippen molar-refractivity contribution in [3.05, 3.63) is 0 Å². The van der Waals surface area contributed by atoms with Crippen molar-refractivity contribution in [3.8, 4) is 0 Å². The Labute approximate surface area is 81.7 Å². The highest BCUT2D eigenvalue weighted by Gasteiger charge is 2.50. The van der Waals surface area contributed by atoms with Gasteiger partial charge in [0.25, 0.3) is 0 Å². The lowest BCUT2D eigenvalue weighted by atomic mass is 9.86. The van der Waals surface area contributed by atoms with Crippen LogP contribution in [0.25, 0.3) is 0 Å². The molecule has 78 valence electrons. The summed E-state index contributed by atoms with van der Waals surface area (Å²) in [5.41, 5.74) is 0.575. The third-order valence-corrected chi connectivity index (χ3v) is 3.98. The van der Waals surface area contributed by atoms with Gasteiger partial charge in [0.15, 0.2) is 0 Å². The van der Waals surface area contributed by atoms with Crippen molar-refractivity contribution in [2.24, 2.45) is 17.3 Å². The number of hydrogen-bond acceptors (Lipinski definition) is 2. The normalized spacial score (nSPS) is 37.2. The van der Waals surface area contributed by atoms with Crippen LogP contribution in [0.3, 0.4) is 0 Å². The summed E-state index contributed by atoms with van der Waals surface area (Å²) in [5, 5.41) is 11.8. The summed E-state index contributed by atoms with van der Waals surface area (Å²) in [6.07, 6.45) is 2.54. The first kappa shape index (κ1) is 11.0. The molecule has 0 bridgehead atoms. The van der Waals surface area contributed by atoms with Crippen LogP contribution in [-0.4, -0.2) is 17.9 Å². The van der Waals surface area contributed by atoms with Crippen molar-refractivity contribution >= 4 is 0 Å². The Morgan fingerprint density at radius 3 is 2.46 bits per heavy atom. The quantitative estimate of drug-likeness (QED) is 0.642. The van der Waals surface area contributed by atoms with Gasteiger partial charge < -0.3 is 5.11 Å². The highest BCUT2D eigenvalue weighted by Crippen LogP contribution is 2.58. The van der Waals surface area contributed by atoms with Gasteiger partial charge in [-0.25, -0.2) is 0 Å². The predicted molar refractivity (Wildman–Crippen MR) is 55.4 cm³/mol. The summed E-state index contributed by atoms with van der Waals surface area (Å²) in [7, 11) is 0. The van der Waals surface area contributed by atoms with Gasteiger partial charge in [-0.3, -0.25) is 5.32 Å². The minimum absolute atomic E-state index is 0.0974. The van der Waals surface area contributed by atoms with Crippen molar-refractivity contribution in [3.63, 3.8) is 0 Å². The van der Waals surface area contributed by atoms with Crippen molar-refractivity contribution in [2.45, 2.75) is 46.6 Å². The van der Waals surface area contributed by atoms with Crippen LogP contribution in [0.5, 0.6) is 0 Å². The van der Waals surface area contributed by atoms with Crippen molar-refractivity contribution in [1.29, 1.82) is 0 Å². The zero-order valence-corrected chi connectivity index (χ0v) is 9.30. The van der Waals surface area contributed by atoms with E-state index in [0.717, 1.165) is 11.8 Å². The van der Waals surface area contributed by atoms with E-state index in [0.29, 0.717) is 11.5 Å². The third kappa shape index (κ3) is 2.44. The van der Waals surface area contributed by atoms with Gasteiger partial charge in [-0.05, 0) is 37.0 Å². The van der Waals surface area contributed by atoms with E-state index < -0.39 is 0 Å². The fourth-order valence-electron chi connectivity index (χ4n) is 2.33. The zero-order valence-electron chi connectivity index (χ0n) is 9.30. The molecule has 4 unspecified atom stereocenters. The topological polar surface area (TPSA) is 32.3 Å². The lowest BCUT2D eigenvalue weighted by molar-refractivity contribution is 0.218. The minimum Gasteiger partial charge on any atom is -0.381 e. The molecule has 0 aromatic heterocycles. The minimum atomic E-state index is 0.0974. The summed E-state index contributed by atoms with van der Waals surface area (Å²) < 4.78 is 0. The average Bonchev–Trinajstić information content (AvgIpc) is 2.61. The molecule has 1 fully saturated rings. The Morgan fingerprint density at radius 1 is 1.54 bits per heavy atom. The second-order valence-corrected chi connectivity index (χ2v) is 5.01. The first-order valence-corrected chi connectivity index (χ1v) is 5.35. The Kier molecular flexibility index (Phi) is 3.36. The first-order valence-electron chi connectivity index (χ1n) is 5.35. The Morgan fingerprint density at radius 2 is 2.08 bits per heavy atom. The Hall–Kier alpha value is -0.0800. The van der Waals surface area contributed by atoms with Gasteiger partial charge in [-0.1, -0.05) is 20.8 Å². The number of aliphatic hydroxyl groups is 1. The van der Waals surface area contributed by atoms with E-state index in [1.165, 1.54) is 12.8 Å². The summed E-state index contributed by atoms with van der Waals surface area (Å²) in [6, 6.07) is 0.435. The molecule has 4 atom stereocenters. The molecule has 0 aliphatic heterocycles. The maximum absolute atomic E-state index is 8.71. The molecule has 1 aliphatic carbocycles. The van der Waals surface area contributed by atoms with Gasteiger partial charge in [0.2, 0.25) is 0 Å².